The van der Waals surface area contributed by atoms with Gasteiger partial charge in [0.1, 0.15) is 5.82 Å². The lowest BCUT2D eigenvalue weighted by Crippen LogP contribution is -1.93. The van der Waals surface area contributed by atoms with Crippen molar-refractivity contribution in [1.82, 2.24) is 24.5 Å². The van der Waals surface area contributed by atoms with Crippen LogP contribution in [-0.4, -0.2) is 24.5 Å². The molecule has 0 aliphatic heterocycles. The molecule has 0 aliphatic carbocycles. The number of rotatable bonds is 3. The number of hydrogen-bond acceptors (Lipinski definition) is 4. The highest BCUT2D eigenvalue weighted by Crippen LogP contribution is 2.17. The lowest BCUT2D eigenvalue weighted by atomic mass is 10.2. The number of nitrogens with zero attached hydrogens (tertiary/aromatic N) is 5. The van der Waals surface area contributed by atoms with Gasteiger partial charge in [-0.05, 0) is 38.1 Å². The van der Waals surface area contributed by atoms with Crippen LogP contribution in [0, 0.1) is 13.8 Å². The molecule has 3 rings (SSSR count). The van der Waals surface area contributed by atoms with E-state index in [4.69, 9.17) is 0 Å². The molecule has 22 heavy (non-hydrogen) atoms. The fraction of sp³-hybridized carbons (Fsp3) is 0.176. The molecule has 3 aromatic rings. The van der Waals surface area contributed by atoms with Crippen LogP contribution in [0.1, 0.15) is 22.9 Å². The summed E-state index contributed by atoms with van der Waals surface area (Å²) in [6, 6.07) is 3.90. The zero-order valence-electron chi connectivity index (χ0n) is 12.9. The van der Waals surface area contributed by atoms with Crippen molar-refractivity contribution in [3.05, 3.63) is 59.8 Å². The van der Waals surface area contributed by atoms with Gasteiger partial charge in [0.2, 0.25) is 0 Å². The minimum absolute atomic E-state index is 0.828. The van der Waals surface area contributed by atoms with Crippen molar-refractivity contribution in [2.45, 2.75) is 13.8 Å². The van der Waals surface area contributed by atoms with Crippen molar-refractivity contribution in [3.63, 3.8) is 0 Å². The molecule has 0 N–H and O–H groups in total. The summed E-state index contributed by atoms with van der Waals surface area (Å²) in [7, 11) is 1.97. The van der Waals surface area contributed by atoms with Crippen LogP contribution in [0.25, 0.3) is 23.4 Å². The van der Waals surface area contributed by atoms with Gasteiger partial charge in [-0.1, -0.05) is 0 Å². The Morgan fingerprint density at radius 2 is 1.91 bits per heavy atom. The first-order valence-corrected chi connectivity index (χ1v) is 7.05. The minimum Gasteiger partial charge on any atom is -0.334 e. The third-order valence-corrected chi connectivity index (χ3v) is 3.48. The lowest BCUT2D eigenvalue weighted by Gasteiger charge is -1.99. The third-order valence-electron chi connectivity index (χ3n) is 3.48. The van der Waals surface area contributed by atoms with Gasteiger partial charge in [0, 0.05) is 31.2 Å². The Morgan fingerprint density at radius 3 is 2.64 bits per heavy atom. The molecule has 5 nitrogen and oxygen atoms in total. The Hall–Kier alpha value is -2.82. The quantitative estimate of drug-likeness (QED) is 0.744. The van der Waals surface area contributed by atoms with Crippen LogP contribution < -0.4 is 0 Å². The van der Waals surface area contributed by atoms with Gasteiger partial charge in [-0.25, -0.2) is 4.98 Å². The molecular weight excluding hydrogens is 274 g/mol. The monoisotopic (exact) mass is 291 g/mol. The van der Waals surface area contributed by atoms with Crippen LogP contribution in [0.2, 0.25) is 0 Å². The maximum absolute atomic E-state index is 4.62. The van der Waals surface area contributed by atoms with E-state index in [0.717, 1.165) is 34.2 Å². The molecule has 0 spiro atoms. The Balaban J connectivity index is 1.88. The number of hydrogen-bond donors (Lipinski definition) is 0. The van der Waals surface area contributed by atoms with Gasteiger partial charge in [-0.3, -0.25) is 15.0 Å². The van der Waals surface area contributed by atoms with Crippen molar-refractivity contribution >= 4 is 12.2 Å². The van der Waals surface area contributed by atoms with E-state index in [0.29, 0.717) is 0 Å². The summed E-state index contributed by atoms with van der Waals surface area (Å²) in [4.78, 5) is 17.6. The number of imidazole rings is 1. The fourth-order valence-electron chi connectivity index (χ4n) is 2.09. The molecule has 3 aromatic heterocycles. The van der Waals surface area contributed by atoms with E-state index in [1.807, 2.05) is 62.1 Å². The van der Waals surface area contributed by atoms with E-state index in [1.165, 1.54) is 0 Å². The van der Waals surface area contributed by atoms with E-state index in [-0.39, 0.29) is 0 Å². The molecule has 0 unspecified atom stereocenters. The highest BCUT2D eigenvalue weighted by molar-refractivity contribution is 5.67. The molecule has 0 saturated carbocycles. The fourth-order valence-corrected chi connectivity index (χ4v) is 2.09. The van der Waals surface area contributed by atoms with Gasteiger partial charge in [-0.15, -0.1) is 0 Å². The van der Waals surface area contributed by atoms with Gasteiger partial charge in [0.15, 0.2) is 0 Å². The molecule has 0 aliphatic rings. The molecule has 5 heteroatoms. The summed E-state index contributed by atoms with van der Waals surface area (Å²) >= 11 is 0. The first-order chi connectivity index (χ1) is 10.6. The van der Waals surface area contributed by atoms with Crippen LogP contribution in [0.5, 0.6) is 0 Å². The van der Waals surface area contributed by atoms with Crippen LogP contribution in [0.15, 0.2) is 36.9 Å². The van der Waals surface area contributed by atoms with Crippen LogP contribution in [-0.2, 0) is 7.05 Å². The maximum atomic E-state index is 4.62. The van der Waals surface area contributed by atoms with E-state index in [1.54, 1.807) is 12.4 Å². The first kappa shape index (κ1) is 14.1. The molecular formula is C17H17N5. The van der Waals surface area contributed by atoms with Gasteiger partial charge in [0.25, 0.3) is 0 Å². The first-order valence-electron chi connectivity index (χ1n) is 7.05. The second kappa shape index (κ2) is 5.89. The highest BCUT2D eigenvalue weighted by Gasteiger charge is 2.05. The van der Waals surface area contributed by atoms with Gasteiger partial charge >= 0.3 is 0 Å². The molecule has 3 heterocycles. The maximum Gasteiger partial charge on any atom is 0.133 e. The Morgan fingerprint density at radius 1 is 1.05 bits per heavy atom. The van der Waals surface area contributed by atoms with Crippen molar-refractivity contribution in [1.29, 1.82) is 0 Å². The standard InChI is InChI=1S/C17H17N5/c1-12-13(2)20-15(10-19-12)6-7-17-21-16(11-22(17)3)14-5-4-8-18-9-14/h4-11H,1-3H3/b7-6+. The molecule has 0 aromatic carbocycles. The predicted molar refractivity (Wildman–Crippen MR) is 86.9 cm³/mol. The molecule has 110 valence electrons. The van der Waals surface area contributed by atoms with Crippen molar-refractivity contribution < 1.29 is 0 Å². The van der Waals surface area contributed by atoms with Gasteiger partial charge in [-0.2, -0.15) is 0 Å². The zero-order chi connectivity index (χ0) is 15.5. The summed E-state index contributed by atoms with van der Waals surface area (Å²) in [5.74, 6) is 0.860. The minimum atomic E-state index is 0.828. The topological polar surface area (TPSA) is 56.5 Å². The third kappa shape index (κ3) is 2.93. The van der Waals surface area contributed by atoms with Crippen LogP contribution in [0.3, 0.4) is 0 Å². The molecule has 0 saturated heterocycles. The second-order valence-corrected chi connectivity index (χ2v) is 5.14. The van der Waals surface area contributed by atoms with Crippen LogP contribution >= 0.6 is 0 Å². The summed E-state index contributed by atoms with van der Waals surface area (Å²) in [6.07, 6.45) is 11.2. The van der Waals surface area contributed by atoms with Crippen molar-refractivity contribution in [2.24, 2.45) is 7.05 Å². The molecule has 0 atom stereocenters. The summed E-state index contributed by atoms with van der Waals surface area (Å²) in [5.41, 5.74) is 4.63. The van der Waals surface area contributed by atoms with E-state index in [2.05, 4.69) is 19.9 Å². The number of aryl methyl sites for hydroxylation is 3. The molecule has 0 amide bonds. The normalized spacial score (nSPS) is 11.2. The average Bonchev–Trinajstić information content (AvgIpc) is 2.90. The largest absolute Gasteiger partial charge is 0.334 e. The second-order valence-electron chi connectivity index (χ2n) is 5.14. The molecule has 0 radical (unpaired) electrons. The lowest BCUT2D eigenvalue weighted by molar-refractivity contribution is 0.898. The van der Waals surface area contributed by atoms with Gasteiger partial charge in [0.05, 0.1) is 29.0 Å². The Kier molecular flexibility index (Phi) is 3.78. The number of pyridine rings is 1. The Labute approximate surface area is 129 Å². The summed E-state index contributed by atoms with van der Waals surface area (Å²) in [6.45, 7) is 3.91. The number of aromatic nitrogens is 5. The Bertz CT molecular complexity index is 818. The van der Waals surface area contributed by atoms with Crippen molar-refractivity contribution in [2.75, 3.05) is 0 Å². The molecule has 0 bridgehead atoms. The van der Waals surface area contributed by atoms with E-state index in [9.17, 15) is 0 Å². The highest BCUT2D eigenvalue weighted by atomic mass is 15.0. The SMILES string of the molecule is Cc1ncc(/C=C/c2nc(-c3cccnc3)cn2C)nc1C. The summed E-state index contributed by atoms with van der Waals surface area (Å²) < 4.78 is 1.98. The smallest absolute Gasteiger partial charge is 0.133 e. The molecule has 0 fully saturated rings. The van der Waals surface area contributed by atoms with Gasteiger partial charge < -0.3 is 4.57 Å². The van der Waals surface area contributed by atoms with E-state index >= 15 is 0 Å². The van der Waals surface area contributed by atoms with E-state index < -0.39 is 0 Å². The van der Waals surface area contributed by atoms with Crippen molar-refractivity contribution in [3.8, 4) is 11.3 Å². The van der Waals surface area contributed by atoms with Crippen LogP contribution in [0.4, 0.5) is 0 Å². The predicted octanol–water partition coefficient (Wildman–Crippen LogP) is 3.06. The zero-order valence-corrected chi connectivity index (χ0v) is 12.9. The summed E-state index contributed by atoms with van der Waals surface area (Å²) in [5, 5.41) is 0. The average molecular weight is 291 g/mol.